The van der Waals surface area contributed by atoms with Gasteiger partial charge in [-0.1, -0.05) is 26.1 Å². The van der Waals surface area contributed by atoms with Crippen molar-refractivity contribution in [1.29, 1.82) is 0 Å². The van der Waals surface area contributed by atoms with Crippen LogP contribution in [0.25, 0.3) is 0 Å². The maximum absolute atomic E-state index is 12.4. The third kappa shape index (κ3) is 2.27. The highest BCUT2D eigenvalue weighted by atomic mass is 32.1. The average Bonchev–Trinajstić information content (AvgIpc) is 3.20. The standard InChI is InChI=1S/C14H24N2OS/c1-3-14(4-2,11(15)18)12(17)16-9-13(7-8-13)10-5-6-10/h10H,3-9H2,1-2H3,(H2,15,18)(H,16,17). The summed E-state index contributed by atoms with van der Waals surface area (Å²) in [4.78, 5) is 12.7. The maximum atomic E-state index is 12.4. The fraction of sp³-hybridized carbons (Fsp3) is 0.857. The van der Waals surface area contributed by atoms with Gasteiger partial charge in [0.2, 0.25) is 5.91 Å². The molecule has 2 rings (SSSR count). The first-order chi connectivity index (χ1) is 8.50. The first-order valence-electron chi connectivity index (χ1n) is 7.09. The Labute approximate surface area is 115 Å². The molecule has 0 saturated heterocycles. The summed E-state index contributed by atoms with van der Waals surface area (Å²) in [7, 11) is 0. The van der Waals surface area contributed by atoms with E-state index in [1.807, 2.05) is 13.8 Å². The summed E-state index contributed by atoms with van der Waals surface area (Å²) in [5, 5.41) is 3.12. The van der Waals surface area contributed by atoms with Crippen molar-refractivity contribution in [2.24, 2.45) is 22.5 Å². The number of carbonyl (C=O) groups is 1. The van der Waals surface area contributed by atoms with Gasteiger partial charge in [-0.25, -0.2) is 0 Å². The first-order valence-corrected chi connectivity index (χ1v) is 7.50. The van der Waals surface area contributed by atoms with E-state index in [9.17, 15) is 4.79 Å². The molecular formula is C14H24N2OS. The summed E-state index contributed by atoms with van der Waals surface area (Å²) in [5.41, 5.74) is 5.58. The Morgan fingerprint density at radius 2 is 1.94 bits per heavy atom. The lowest BCUT2D eigenvalue weighted by Gasteiger charge is -2.30. The summed E-state index contributed by atoms with van der Waals surface area (Å²) in [6.07, 6.45) is 6.60. The fourth-order valence-corrected chi connectivity index (χ4v) is 3.42. The summed E-state index contributed by atoms with van der Waals surface area (Å²) in [6, 6.07) is 0. The van der Waals surface area contributed by atoms with Gasteiger partial charge in [0.05, 0.1) is 10.4 Å². The second-order valence-corrected chi connectivity index (χ2v) is 6.41. The molecule has 2 aliphatic carbocycles. The highest BCUT2D eigenvalue weighted by molar-refractivity contribution is 7.80. The number of hydrogen-bond donors (Lipinski definition) is 2. The van der Waals surface area contributed by atoms with Gasteiger partial charge in [-0.2, -0.15) is 0 Å². The van der Waals surface area contributed by atoms with E-state index in [-0.39, 0.29) is 5.91 Å². The maximum Gasteiger partial charge on any atom is 0.233 e. The van der Waals surface area contributed by atoms with Crippen molar-refractivity contribution in [3.05, 3.63) is 0 Å². The molecule has 0 radical (unpaired) electrons. The van der Waals surface area contributed by atoms with Crippen LogP contribution >= 0.6 is 12.2 Å². The molecule has 4 heteroatoms. The Balaban J connectivity index is 1.95. The Morgan fingerprint density at radius 1 is 1.39 bits per heavy atom. The Kier molecular flexibility index (Phi) is 3.67. The van der Waals surface area contributed by atoms with Crippen LogP contribution in [0.3, 0.4) is 0 Å². The van der Waals surface area contributed by atoms with Gasteiger partial charge in [0.25, 0.3) is 0 Å². The molecule has 2 fully saturated rings. The van der Waals surface area contributed by atoms with Gasteiger partial charge in [-0.05, 0) is 49.9 Å². The van der Waals surface area contributed by atoms with Gasteiger partial charge in [-0.15, -0.1) is 0 Å². The van der Waals surface area contributed by atoms with E-state index in [0.29, 0.717) is 23.2 Å². The van der Waals surface area contributed by atoms with Crippen molar-refractivity contribution in [1.82, 2.24) is 5.32 Å². The van der Waals surface area contributed by atoms with Crippen LogP contribution in [0.15, 0.2) is 0 Å². The van der Waals surface area contributed by atoms with Crippen molar-refractivity contribution in [3.63, 3.8) is 0 Å². The van der Waals surface area contributed by atoms with E-state index in [1.54, 1.807) is 0 Å². The second-order valence-electron chi connectivity index (χ2n) is 5.97. The number of nitrogens with two attached hydrogens (primary N) is 1. The molecule has 0 heterocycles. The topological polar surface area (TPSA) is 55.1 Å². The molecule has 0 unspecified atom stereocenters. The molecule has 18 heavy (non-hydrogen) atoms. The number of hydrogen-bond acceptors (Lipinski definition) is 2. The molecule has 2 saturated carbocycles. The molecule has 0 aromatic carbocycles. The molecule has 0 spiro atoms. The van der Waals surface area contributed by atoms with E-state index < -0.39 is 5.41 Å². The van der Waals surface area contributed by atoms with Crippen LogP contribution in [0.1, 0.15) is 52.4 Å². The largest absolute Gasteiger partial charge is 0.392 e. The summed E-state index contributed by atoms with van der Waals surface area (Å²) < 4.78 is 0. The fourth-order valence-electron chi connectivity index (χ4n) is 3.04. The van der Waals surface area contributed by atoms with E-state index in [0.717, 1.165) is 12.5 Å². The number of rotatable bonds is 7. The predicted molar refractivity (Wildman–Crippen MR) is 77.2 cm³/mol. The summed E-state index contributed by atoms with van der Waals surface area (Å²) in [5.74, 6) is 0.896. The van der Waals surface area contributed by atoms with E-state index >= 15 is 0 Å². The van der Waals surface area contributed by atoms with Crippen LogP contribution < -0.4 is 11.1 Å². The quantitative estimate of drug-likeness (QED) is 0.697. The number of thiocarbonyl (C=S) groups is 1. The zero-order valence-corrected chi connectivity index (χ0v) is 12.2. The summed E-state index contributed by atoms with van der Waals surface area (Å²) >= 11 is 5.11. The number of carbonyl (C=O) groups excluding carboxylic acids is 1. The number of nitrogens with one attached hydrogen (secondary N) is 1. The third-order valence-corrected chi connectivity index (χ3v) is 5.44. The highest BCUT2D eigenvalue weighted by Crippen LogP contribution is 2.60. The van der Waals surface area contributed by atoms with Gasteiger partial charge in [0, 0.05) is 6.54 Å². The minimum absolute atomic E-state index is 0.0342. The van der Waals surface area contributed by atoms with Crippen LogP contribution in [0.4, 0.5) is 0 Å². The third-order valence-electron chi connectivity index (χ3n) is 5.05. The molecule has 102 valence electrons. The predicted octanol–water partition coefficient (Wildman–Crippen LogP) is 2.39. The molecule has 0 atom stereocenters. The minimum atomic E-state index is -0.644. The highest BCUT2D eigenvalue weighted by Gasteiger charge is 2.54. The van der Waals surface area contributed by atoms with Crippen molar-refractivity contribution >= 4 is 23.1 Å². The summed E-state index contributed by atoms with van der Waals surface area (Å²) in [6.45, 7) is 4.78. The van der Waals surface area contributed by atoms with Crippen LogP contribution in [0.5, 0.6) is 0 Å². The molecule has 0 bridgehead atoms. The van der Waals surface area contributed by atoms with Gasteiger partial charge in [0.1, 0.15) is 0 Å². The lowest BCUT2D eigenvalue weighted by molar-refractivity contribution is -0.128. The molecular weight excluding hydrogens is 244 g/mol. The molecule has 3 nitrogen and oxygen atoms in total. The SMILES string of the molecule is CCC(CC)(C(=O)NCC1(C2CC2)CC1)C(N)=S. The molecule has 0 aromatic rings. The zero-order valence-electron chi connectivity index (χ0n) is 11.4. The van der Waals surface area contributed by atoms with Gasteiger partial charge >= 0.3 is 0 Å². The molecule has 0 aromatic heterocycles. The second kappa shape index (κ2) is 4.80. The van der Waals surface area contributed by atoms with E-state index in [2.05, 4.69) is 5.32 Å². The zero-order chi connectivity index (χ0) is 13.4. The van der Waals surface area contributed by atoms with Gasteiger partial charge < -0.3 is 11.1 Å². The van der Waals surface area contributed by atoms with Gasteiger partial charge in [-0.3, -0.25) is 4.79 Å². The minimum Gasteiger partial charge on any atom is -0.392 e. The van der Waals surface area contributed by atoms with Crippen LogP contribution in [-0.2, 0) is 4.79 Å². The number of amides is 1. The lowest BCUT2D eigenvalue weighted by atomic mass is 9.81. The monoisotopic (exact) mass is 268 g/mol. The first kappa shape index (κ1) is 13.8. The van der Waals surface area contributed by atoms with Crippen LogP contribution in [-0.4, -0.2) is 17.4 Å². The van der Waals surface area contributed by atoms with Crippen molar-refractivity contribution in [2.75, 3.05) is 6.54 Å². The van der Waals surface area contributed by atoms with Crippen molar-refractivity contribution in [2.45, 2.75) is 52.4 Å². The lowest BCUT2D eigenvalue weighted by Crippen LogP contribution is -2.49. The molecule has 0 aliphatic heterocycles. The Bertz CT molecular complexity index is 355. The molecule has 1 amide bonds. The smallest absolute Gasteiger partial charge is 0.233 e. The van der Waals surface area contributed by atoms with Crippen molar-refractivity contribution in [3.8, 4) is 0 Å². The molecule has 3 N–H and O–H groups in total. The van der Waals surface area contributed by atoms with E-state index in [4.69, 9.17) is 18.0 Å². The Morgan fingerprint density at radius 3 is 2.28 bits per heavy atom. The normalized spacial score (nSPS) is 21.4. The average molecular weight is 268 g/mol. The van der Waals surface area contributed by atoms with Crippen molar-refractivity contribution < 1.29 is 4.79 Å². The van der Waals surface area contributed by atoms with Gasteiger partial charge in [0.15, 0.2) is 0 Å². The van der Waals surface area contributed by atoms with Crippen LogP contribution in [0.2, 0.25) is 0 Å². The van der Waals surface area contributed by atoms with E-state index in [1.165, 1.54) is 25.7 Å². The van der Waals surface area contributed by atoms with Crippen LogP contribution in [0, 0.1) is 16.7 Å². The Hall–Kier alpha value is -0.640. The molecule has 2 aliphatic rings.